The highest BCUT2D eigenvalue weighted by Gasteiger charge is 2.20. The van der Waals surface area contributed by atoms with Crippen molar-refractivity contribution in [2.24, 2.45) is 0 Å². The summed E-state index contributed by atoms with van der Waals surface area (Å²) in [5.41, 5.74) is 17.4. The lowest BCUT2D eigenvalue weighted by Gasteiger charge is -2.23. The van der Waals surface area contributed by atoms with Gasteiger partial charge in [-0.2, -0.15) is 0 Å². The summed E-state index contributed by atoms with van der Waals surface area (Å²) in [6.45, 7) is 5.16. The van der Waals surface area contributed by atoms with Gasteiger partial charge in [-0.3, -0.25) is 9.97 Å². The summed E-state index contributed by atoms with van der Waals surface area (Å²) < 4.78 is 9.14. The molecule has 3 aromatic rings. The molecule has 0 aliphatic carbocycles. The molecule has 0 radical (unpaired) electrons. The van der Waals surface area contributed by atoms with Crippen molar-refractivity contribution in [3.05, 3.63) is 59.9 Å². The molecule has 2 atom stereocenters. The van der Waals surface area contributed by atoms with Crippen LogP contribution in [0, 0.1) is 0 Å². The van der Waals surface area contributed by atoms with Gasteiger partial charge in [-0.1, -0.05) is 71.9 Å². The third kappa shape index (κ3) is 13.7. The highest BCUT2D eigenvalue weighted by molar-refractivity contribution is 5.74. The molecule has 2 unspecified atom stereocenters. The van der Waals surface area contributed by atoms with Gasteiger partial charge in [0.1, 0.15) is 0 Å². The lowest BCUT2D eigenvalue weighted by atomic mass is 10.1. The van der Waals surface area contributed by atoms with E-state index in [1.807, 2.05) is 12.1 Å². The van der Waals surface area contributed by atoms with E-state index in [2.05, 4.69) is 57.6 Å². The Labute approximate surface area is 234 Å². The van der Waals surface area contributed by atoms with E-state index in [0.717, 1.165) is 23.9 Å². The summed E-state index contributed by atoms with van der Waals surface area (Å²) in [7, 11) is 0. The van der Waals surface area contributed by atoms with Crippen LogP contribution in [0.25, 0.3) is 11.0 Å². The van der Waals surface area contributed by atoms with Crippen molar-refractivity contribution >= 4 is 22.4 Å². The van der Waals surface area contributed by atoms with Gasteiger partial charge in [-0.15, -0.1) is 0 Å². The molecule has 2 aromatic carbocycles. The molecule has 1 fully saturated rings. The first kappa shape index (κ1) is 34.2. The van der Waals surface area contributed by atoms with Crippen LogP contribution in [0.5, 0.6) is 0 Å². The lowest BCUT2D eigenvalue weighted by Crippen LogP contribution is -2.37. The number of aryl methyl sites for hydroxylation is 2. The lowest BCUT2D eigenvalue weighted by molar-refractivity contribution is -0.291. The molecule has 218 valence electrons. The zero-order chi connectivity index (χ0) is 27.6. The van der Waals surface area contributed by atoms with Gasteiger partial charge in [0.25, 0.3) is 0 Å². The van der Waals surface area contributed by atoms with Crippen molar-refractivity contribution in [1.29, 1.82) is 0 Å². The summed E-state index contributed by atoms with van der Waals surface area (Å²) in [6.07, 6.45) is 13.8. The van der Waals surface area contributed by atoms with Crippen LogP contribution < -0.4 is 11.5 Å². The summed E-state index contributed by atoms with van der Waals surface area (Å²) >= 11 is 0. The van der Waals surface area contributed by atoms with Crippen LogP contribution in [0.3, 0.4) is 0 Å². The predicted octanol–water partition coefficient (Wildman–Crippen LogP) is 6.03. The zero-order valence-electron chi connectivity index (χ0n) is 23.0. The van der Waals surface area contributed by atoms with Crippen molar-refractivity contribution in [2.45, 2.75) is 98.1 Å². The Bertz CT molecular complexity index is 1040. The second-order valence-corrected chi connectivity index (χ2v) is 9.49. The van der Waals surface area contributed by atoms with Crippen molar-refractivity contribution < 1.29 is 19.7 Å². The van der Waals surface area contributed by atoms with Gasteiger partial charge in [-0.05, 0) is 61.1 Å². The van der Waals surface area contributed by atoms with Crippen LogP contribution >= 0.6 is 0 Å². The highest BCUT2D eigenvalue weighted by atomic mass is 16.7. The van der Waals surface area contributed by atoms with E-state index in [9.17, 15) is 0 Å². The Morgan fingerprint density at radius 2 is 1.21 bits per heavy atom. The quantitative estimate of drug-likeness (QED) is 0.180. The number of unbranched alkanes of at least 4 members (excludes halogenated alkanes) is 6. The molecule has 1 aromatic heterocycles. The van der Waals surface area contributed by atoms with Crippen molar-refractivity contribution in [3.63, 3.8) is 0 Å². The molecule has 4 rings (SSSR count). The van der Waals surface area contributed by atoms with Crippen molar-refractivity contribution in [2.75, 3.05) is 24.7 Å². The number of benzene rings is 2. The van der Waals surface area contributed by atoms with E-state index in [1.54, 1.807) is 12.4 Å². The number of hydrogen-bond acceptors (Lipinski definition) is 8. The Hall–Kier alpha value is -2.78. The predicted molar refractivity (Wildman–Crippen MR) is 161 cm³/mol. The molecule has 0 saturated carbocycles. The van der Waals surface area contributed by atoms with E-state index in [1.165, 1.54) is 62.5 Å². The molecule has 2 heterocycles. The van der Waals surface area contributed by atoms with Crippen LogP contribution in [-0.4, -0.2) is 46.0 Å². The molecule has 0 spiro atoms. The fourth-order valence-electron chi connectivity index (χ4n) is 3.96. The summed E-state index contributed by atoms with van der Waals surface area (Å²) in [5, 5.41) is 17.2. The summed E-state index contributed by atoms with van der Waals surface area (Å²) in [4.78, 5) is 8.59. The second kappa shape index (κ2) is 20.2. The number of aliphatic hydroxyl groups is 2. The third-order valence-corrected chi connectivity index (χ3v) is 6.23. The first-order valence-electron chi connectivity index (χ1n) is 13.9. The van der Waals surface area contributed by atoms with E-state index in [-0.39, 0.29) is 7.43 Å². The smallest absolute Gasteiger partial charge is 0.206 e. The normalized spacial score (nSPS) is 16.3. The van der Waals surface area contributed by atoms with Crippen molar-refractivity contribution in [1.82, 2.24) is 9.97 Å². The van der Waals surface area contributed by atoms with Crippen LogP contribution in [-0.2, 0) is 22.3 Å². The van der Waals surface area contributed by atoms with Crippen molar-refractivity contribution in [3.8, 4) is 0 Å². The number of ether oxygens (including phenoxy) is 2. The maximum Gasteiger partial charge on any atom is 0.206 e. The van der Waals surface area contributed by atoms with Gasteiger partial charge < -0.3 is 31.2 Å². The SMILES string of the molecule is C.CCCCCCc1ccc(N)c(N)c1.CCCCCCc1ccc2nccnc2c1.OC1OCCOC1O. The molecule has 8 nitrogen and oxygen atoms in total. The maximum absolute atomic E-state index is 8.58. The number of aromatic nitrogens is 2. The van der Waals surface area contributed by atoms with E-state index in [0.29, 0.717) is 24.6 Å². The highest BCUT2D eigenvalue weighted by Crippen LogP contribution is 2.18. The molecule has 1 saturated heterocycles. The number of rotatable bonds is 10. The maximum atomic E-state index is 8.58. The standard InChI is InChI=1S/C14H18N2.C12H20N2.C4H8O4.CH4/c1-2-3-4-5-6-12-7-8-13-14(11-12)16-10-9-15-13;1-2-3-4-5-6-10-7-8-11(13)12(14)9-10;5-3-4(6)8-2-1-7-3;/h7-11H,2-6H2,1H3;7-9H,2-6,13-14H2,1H3;3-6H,1-2H2;1H4. The van der Waals surface area contributed by atoms with Gasteiger partial charge in [0.2, 0.25) is 12.6 Å². The van der Waals surface area contributed by atoms with Crippen LogP contribution in [0.2, 0.25) is 0 Å². The molecule has 39 heavy (non-hydrogen) atoms. The van der Waals surface area contributed by atoms with Gasteiger partial charge >= 0.3 is 0 Å². The van der Waals surface area contributed by atoms with Crippen LogP contribution in [0.15, 0.2) is 48.8 Å². The number of nitrogens with zero attached hydrogens (tertiary/aromatic N) is 2. The van der Waals surface area contributed by atoms with Gasteiger partial charge in [0.15, 0.2) is 0 Å². The average molecular weight is 543 g/mol. The third-order valence-electron chi connectivity index (χ3n) is 6.23. The van der Waals surface area contributed by atoms with Crippen LogP contribution in [0.4, 0.5) is 11.4 Å². The Balaban J connectivity index is 0.000000304. The van der Waals surface area contributed by atoms with Gasteiger partial charge in [0.05, 0.1) is 35.6 Å². The fraction of sp³-hybridized carbons (Fsp3) is 0.548. The molecule has 8 heteroatoms. The monoisotopic (exact) mass is 542 g/mol. The molecule has 0 bridgehead atoms. The number of fused-ring (bicyclic) bond motifs is 1. The molecular formula is C31H50N4O4. The minimum absolute atomic E-state index is 0. The average Bonchev–Trinajstić information content (AvgIpc) is 2.93. The minimum atomic E-state index is -1.16. The van der Waals surface area contributed by atoms with Crippen LogP contribution in [0.1, 0.15) is 83.8 Å². The number of anilines is 2. The number of aliphatic hydroxyl groups excluding tert-OH is 2. The number of nitrogens with two attached hydrogens (primary N) is 2. The minimum Gasteiger partial charge on any atom is -0.397 e. The van der Waals surface area contributed by atoms with E-state index >= 15 is 0 Å². The van der Waals surface area contributed by atoms with Gasteiger partial charge in [-0.25, -0.2) is 0 Å². The van der Waals surface area contributed by atoms with E-state index in [4.69, 9.17) is 21.7 Å². The Morgan fingerprint density at radius 3 is 1.72 bits per heavy atom. The summed E-state index contributed by atoms with van der Waals surface area (Å²) in [5.74, 6) is 0. The van der Waals surface area contributed by atoms with Gasteiger partial charge in [0, 0.05) is 12.4 Å². The molecule has 0 amide bonds. The number of hydrogen-bond donors (Lipinski definition) is 4. The molecule has 1 aliphatic rings. The summed E-state index contributed by atoms with van der Waals surface area (Å²) in [6, 6.07) is 12.3. The molecule has 6 N–H and O–H groups in total. The molecule has 1 aliphatic heterocycles. The zero-order valence-corrected chi connectivity index (χ0v) is 23.0. The topological polar surface area (TPSA) is 137 Å². The molecular weight excluding hydrogens is 492 g/mol. The van der Waals surface area contributed by atoms with E-state index < -0.39 is 12.6 Å². The Kier molecular flexibility index (Phi) is 17.7. The second-order valence-electron chi connectivity index (χ2n) is 9.49. The first-order chi connectivity index (χ1) is 18.4. The fourth-order valence-corrected chi connectivity index (χ4v) is 3.96. The Morgan fingerprint density at radius 1 is 0.692 bits per heavy atom. The first-order valence-corrected chi connectivity index (χ1v) is 13.9. The number of nitrogen functional groups attached to an aromatic ring is 2. The largest absolute Gasteiger partial charge is 0.397 e.